The van der Waals surface area contributed by atoms with Crippen LogP contribution in [0.15, 0.2) is 12.1 Å². The first-order chi connectivity index (χ1) is 10.0. The maximum absolute atomic E-state index is 13.7. The minimum Gasteiger partial charge on any atom is -0.377 e. The average molecular weight is 405 g/mol. The van der Waals surface area contributed by atoms with E-state index in [1.807, 2.05) is 0 Å². The van der Waals surface area contributed by atoms with Gasteiger partial charge < -0.3 is 10.2 Å². The lowest BCUT2D eigenvalue weighted by atomic mass is 9.97. The molecule has 0 aliphatic carbocycles. The summed E-state index contributed by atoms with van der Waals surface area (Å²) in [6.45, 7) is 2.18. The second-order valence-corrected chi connectivity index (χ2v) is 6.90. The molecule has 1 aromatic carbocycles. The fourth-order valence-electron chi connectivity index (χ4n) is 3.38. The standard InChI is InChI=1S/C14H17FIN3O2/c15-11-7-13(14(19(20)21)8-12(11)16)17-9-3-5-18-4-1-2-10(18)6-9/h7-10,17H,1-6H2. The van der Waals surface area contributed by atoms with Gasteiger partial charge >= 0.3 is 0 Å². The Labute approximate surface area is 136 Å². The van der Waals surface area contributed by atoms with Crippen LogP contribution in [0.3, 0.4) is 0 Å². The summed E-state index contributed by atoms with van der Waals surface area (Å²) in [5.74, 6) is -0.415. The van der Waals surface area contributed by atoms with Gasteiger partial charge in [-0.3, -0.25) is 10.1 Å². The highest BCUT2D eigenvalue weighted by Gasteiger charge is 2.32. The Balaban J connectivity index is 1.78. The van der Waals surface area contributed by atoms with E-state index in [1.165, 1.54) is 25.0 Å². The molecule has 2 saturated heterocycles. The van der Waals surface area contributed by atoms with Crippen molar-refractivity contribution < 1.29 is 9.31 Å². The lowest BCUT2D eigenvalue weighted by Crippen LogP contribution is -2.42. The molecule has 2 atom stereocenters. The summed E-state index contributed by atoms with van der Waals surface area (Å²) in [6.07, 6.45) is 4.35. The molecule has 2 aliphatic heterocycles. The van der Waals surface area contributed by atoms with E-state index in [0.29, 0.717) is 11.7 Å². The first-order valence-corrected chi connectivity index (χ1v) is 8.26. The van der Waals surface area contributed by atoms with Gasteiger partial charge in [0.05, 0.1) is 8.49 Å². The Morgan fingerprint density at radius 2 is 2.19 bits per heavy atom. The summed E-state index contributed by atoms with van der Waals surface area (Å²) >= 11 is 1.78. The molecule has 2 aliphatic rings. The molecule has 3 rings (SSSR count). The lowest BCUT2D eigenvalue weighted by Gasteiger charge is -2.35. The summed E-state index contributed by atoms with van der Waals surface area (Å²) in [5.41, 5.74) is 0.254. The summed E-state index contributed by atoms with van der Waals surface area (Å²) in [7, 11) is 0. The molecule has 7 heteroatoms. The van der Waals surface area contributed by atoms with Gasteiger partial charge in [0.1, 0.15) is 11.5 Å². The van der Waals surface area contributed by atoms with E-state index < -0.39 is 10.7 Å². The van der Waals surface area contributed by atoms with Crippen molar-refractivity contribution in [3.8, 4) is 0 Å². The largest absolute Gasteiger partial charge is 0.377 e. The van der Waals surface area contributed by atoms with Crippen molar-refractivity contribution in [2.75, 3.05) is 18.4 Å². The molecule has 0 spiro atoms. The van der Waals surface area contributed by atoms with Crippen molar-refractivity contribution in [2.45, 2.75) is 37.8 Å². The Morgan fingerprint density at radius 3 is 2.95 bits per heavy atom. The molecule has 0 radical (unpaired) electrons. The number of nitrogens with zero attached hydrogens (tertiary/aromatic N) is 2. The highest BCUT2D eigenvalue weighted by molar-refractivity contribution is 14.1. The third-order valence-electron chi connectivity index (χ3n) is 4.42. The first kappa shape index (κ1) is 15.0. The zero-order valence-corrected chi connectivity index (χ0v) is 13.7. The topological polar surface area (TPSA) is 58.4 Å². The van der Waals surface area contributed by atoms with E-state index in [2.05, 4.69) is 10.2 Å². The fourth-order valence-corrected chi connectivity index (χ4v) is 3.83. The average Bonchev–Trinajstić information content (AvgIpc) is 2.89. The number of nitro groups is 1. The number of piperidine rings is 1. The van der Waals surface area contributed by atoms with E-state index in [-0.39, 0.29) is 15.3 Å². The molecule has 1 N–H and O–H groups in total. The summed E-state index contributed by atoms with van der Waals surface area (Å²) in [5, 5.41) is 14.3. The minimum atomic E-state index is -0.450. The molecule has 2 heterocycles. The van der Waals surface area contributed by atoms with Crippen molar-refractivity contribution in [3.05, 3.63) is 31.6 Å². The van der Waals surface area contributed by atoms with Crippen molar-refractivity contribution in [1.82, 2.24) is 4.90 Å². The van der Waals surface area contributed by atoms with Crippen LogP contribution in [0.2, 0.25) is 0 Å². The van der Waals surface area contributed by atoms with Crippen molar-refractivity contribution in [1.29, 1.82) is 0 Å². The van der Waals surface area contributed by atoms with Crippen LogP contribution in [0.4, 0.5) is 15.8 Å². The van der Waals surface area contributed by atoms with Gasteiger partial charge in [-0.05, 0) is 54.8 Å². The second-order valence-electron chi connectivity index (χ2n) is 5.74. The van der Waals surface area contributed by atoms with Crippen LogP contribution in [-0.4, -0.2) is 35.0 Å². The molecule has 0 saturated carbocycles. The van der Waals surface area contributed by atoms with E-state index >= 15 is 0 Å². The third-order valence-corrected chi connectivity index (χ3v) is 5.24. The molecule has 2 fully saturated rings. The number of fused-ring (bicyclic) bond motifs is 1. The predicted molar refractivity (Wildman–Crippen MR) is 87.0 cm³/mol. The van der Waals surface area contributed by atoms with Crippen LogP contribution in [-0.2, 0) is 0 Å². The van der Waals surface area contributed by atoms with Crippen LogP contribution in [0.5, 0.6) is 0 Å². The monoisotopic (exact) mass is 405 g/mol. The van der Waals surface area contributed by atoms with E-state index in [0.717, 1.165) is 25.9 Å². The number of hydrogen-bond donors (Lipinski definition) is 1. The molecule has 0 bridgehead atoms. The smallest absolute Gasteiger partial charge is 0.293 e. The first-order valence-electron chi connectivity index (χ1n) is 7.18. The van der Waals surface area contributed by atoms with E-state index in [9.17, 15) is 14.5 Å². The van der Waals surface area contributed by atoms with Crippen molar-refractivity contribution in [2.24, 2.45) is 0 Å². The molecule has 1 aromatic rings. The van der Waals surface area contributed by atoms with Crippen molar-refractivity contribution in [3.63, 3.8) is 0 Å². The Bertz CT molecular complexity index is 569. The molecule has 0 aromatic heterocycles. The maximum Gasteiger partial charge on any atom is 0.293 e. The second kappa shape index (κ2) is 6.04. The molecule has 5 nitrogen and oxygen atoms in total. The van der Waals surface area contributed by atoms with E-state index in [1.54, 1.807) is 22.6 Å². The zero-order chi connectivity index (χ0) is 15.0. The lowest BCUT2D eigenvalue weighted by molar-refractivity contribution is -0.384. The van der Waals surface area contributed by atoms with Gasteiger partial charge in [0, 0.05) is 30.8 Å². The number of halogens is 2. The Morgan fingerprint density at radius 1 is 1.38 bits per heavy atom. The van der Waals surface area contributed by atoms with Gasteiger partial charge in [0.25, 0.3) is 5.69 Å². The minimum absolute atomic E-state index is 0.0466. The SMILES string of the molecule is O=[N+]([O-])c1cc(I)c(F)cc1NC1CCN2CCCC2C1. The number of rotatable bonds is 3. The number of nitro benzene ring substituents is 1. The Hall–Kier alpha value is -0.960. The number of benzene rings is 1. The molecular weight excluding hydrogens is 388 g/mol. The Kier molecular flexibility index (Phi) is 4.30. The highest BCUT2D eigenvalue weighted by Crippen LogP contribution is 2.33. The van der Waals surface area contributed by atoms with Crippen LogP contribution in [0.25, 0.3) is 0 Å². The molecular formula is C14H17FIN3O2. The molecule has 114 valence electrons. The number of hydrogen-bond acceptors (Lipinski definition) is 4. The van der Waals surface area contributed by atoms with Gasteiger partial charge in [0.2, 0.25) is 0 Å². The summed E-state index contributed by atoms with van der Waals surface area (Å²) in [6, 6.07) is 3.30. The van der Waals surface area contributed by atoms with Crippen LogP contribution in [0.1, 0.15) is 25.7 Å². The molecule has 2 unspecified atom stereocenters. The maximum atomic E-state index is 13.7. The summed E-state index contributed by atoms with van der Waals surface area (Å²) in [4.78, 5) is 13.2. The third kappa shape index (κ3) is 3.13. The normalized spacial score (nSPS) is 25.6. The van der Waals surface area contributed by atoms with Crippen LogP contribution >= 0.6 is 22.6 Å². The summed E-state index contributed by atoms with van der Waals surface area (Å²) < 4.78 is 14.0. The quantitative estimate of drug-likeness (QED) is 0.476. The van der Waals surface area contributed by atoms with Crippen molar-refractivity contribution >= 4 is 34.0 Å². The molecule has 0 amide bonds. The molecule has 21 heavy (non-hydrogen) atoms. The van der Waals surface area contributed by atoms with E-state index in [4.69, 9.17) is 0 Å². The van der Waals surface area contributed by atoms with Gasteiger partial charge in [-0.1, -0.05) is 0 Å². The highest BCUT2D eigenvalue weighted by atomic mass is 127. The van der Waals surface area contributed by atoms with Gasteiger partial charge in [-0.25, -0.2) is 4.39 Å². The van der Waals surface area contributed by atoms with Gasteiger partial charge in [-0.15, -0.1) is 0 Å². The zero-order valence-electron chi connectivity index (χ0n) is 11.5. The predicted octanol–water partition coefficient (Wildman–Crippen LogP) is 3.38. The van der Waals surface area contributed by atoms with Gasteiger partial charge in [-0.2, -0.15) is 0 Å². The fraction of sp³-hybridized carbons (Fsp3) is 0.571. The number of anilines is 1. The van der Waals surface area contributed by atoms with Crippen LogP contribution in [0, 0.1) is 19.5 Å². The number of nitrogens with one attached hydrogen (secondary N) is 1. The van der Waals surface area contributed by atoms with Crippen LogP contribution < -0.4 is 5.32 Å². The van der Waals surface area contributed by atoms with Gasteiger partial charge in [0.15, 0.2) is 0 Å².